The average Bonchev–Trinajstić information content (AvgIpc) is 2.93. The van der Waals surface area contributed by atoms with E-state index >= 15 is 0 Å². The van der Waals surface area contributed by atoms with Crippen LogP contribution in [0, 0.1) is 0 Å². The number of carbonyl (C=O) groups is 1. The number of hydrogen-bond acceptors (Lipinski definition) is 2. The van der Waals surface area contributed by atoms with Crippen LogP contribution in [0.2, 0.25) is 10.0 Å². The van der Waals surface area contributed by atoms with Gasteiger partial charge in [-0.3, -0.25) is 4.79 Å². The van der Waals surface area contributed by atoms with E-state index in [1.165, 1.54) is 6.07 Å². The SMILES string of the molecule is CCn1cc(/C=N\NC(=O)c2ccc(Cl)cc2Cl)c2ccccc21. The quantitative estimate of drug-likeness (QED) is 0.531. The van der Waals surface area contributed by atoms with Crippen molar-refractivity contribution in [1.29, 1.82) is 0 Å². The summed E-state index contributed by atoms with van der Waals surface area (Å²) in [6.07, 6.45) is 3.64. The van der Waals surface area contributed by atoms with Gasteiger partial charge >= 0.3 is 0 Å². The first kappa shape index (κ1) is 16.6. The van der Waals surface area contributed by atoms with Crippen LogP contribution in [0.15, 0.2) is 53.8 Å². The zero-order chi connectivity index (χ0) is 17.1. The van der Waals surface area contributed by atoms with Gasteiger partial charge in [-0.05, 0) is 31.2 Å². The van der Waals surface area contributed by atoms with Crippen LogP contribution in [0.25, 0.3) is 10.9 Å². The molecule has 0 saturated heterocycles. The lowest BCUT2D eigenvalue weighted by atomic mass is 10.2. The number of halogens is 2. The molecule has 0 atom stereocenters. The molecule has 3 aromatic rings. The molecule has 2 aromatic carbocycles. The van der Waals surface area contributed by atoms with E-state index < -0.39 is 0 Å². The maximum absolute atomic E-state index is 12.1. The summed E-state index contributed by atoms with van der Waals surface area (Å²) in [7, 11) is 0. The zero-order valence-electron chi connectivity index (χ0n) is 13.0. The molecule has 0 aliphatic carbocycles. The molecule has 6 heteroatoms. The molecule has 0 radical (unpaired) electrons. The number of hydrazone groups is 1. The number of carbonyl (C=O) groups excluding carboxylic acids is 1. The van der Waals surface area contributed by atoms with Crippen molar-refractivity contribution in [3.63, 3.8) is 0 Å². The minimum atomic E-state index is -0.382. The predicted octanol–water partition coefficient (Wildman–Crippen LogP) is 4.73. The highest BCUT2D eigenvalue weighted by molar-refractivity contribution is 6.36. The molecule has 3 rings (SSSR count). The summed E-state index contributed by atoms with van der Waals surface area (Å²) in [4.78, 5) is 12.1. The molecule has 0 aliphatic heterocycles. The molecule has 1 aromatic heterocycles. The first-order chi connectivity index (χ1) is 11.6. The van der Waals surface area contributed by atoms with Gasteiger partial charge in [0.2, 0.25) is 0 Å². The van der Waals surface area contributed by atoms with E-state index in [9.17, 15) is 4.79 Å². The molecule has 0 bridgehead atoms. The second kappa shape index (κ2) is 7.07. The monoisotopic (exact) mass is 359 g/mol. The predicted molar refractivity (Wildman–Crippen MR) is 99.1 cm³/mol. The number of para-hydroxylation sites is 1. The molecule has 4 nitrogen and oxygen atoms in total. The lowest BCUT2D eigenvalue weighted by Crippen LogP contribution is -2.17. The van der Waals surface area contributed by atoms with Crippen molar-refractivity contribution in [3.05, 3.63) is 69.8 Å². The molecule has 1 N–H and O–H groups in total. The largest absolute Gasteiger partial charge is 0.347 e. The Kier molecular flexibility index (Phi) is 4.88. The first-order valence-electron chi connectivity index (χ1n) is 7.46. The van der Waals surface area contributed by atoms with Gasteiger partial charge < -0.3 is 4.57 Å². The lowest BCUT2D eigenvalue weighted by molar-refractivity contribution is 0.0955. The molecule has 0 aliphatic rings. The second-order valence-electron chi connectivity index (χ2n) is 5.21. The summed E-state index contributed by atoms with van der Waals surface area (Å²) in [5.41, 5.74) is 4.89. The van der Waals surface area contributed by atoms with Crippen LogP contribution in [0.4, 0.5) is 0 Å². The third-order valence-electron chi connectivity index (χ3n) is 3.71. The van der Waals surface area contributed by atoms with Gasteiger partial charge in [0.05, 0.1) is 16.8 Å². The van der Waals surface area contributed by atoms with Crippen LogP contribution < -0.4 is 5.43 Å². The highest BCUT2D eigenvalue weighted by Crippen LogP contribution is 2.21. The summed E-state index contributed by atoms with van der Waals surface area (Å²) >= 11 is 11.8. The highest BCUT2D eigenvalue weighted by atomic mass is 35.5. The summed E-state index contributed by atoms with van der Waals surface area (Å²) < 4.78 is 2.13. The number of nitrogens with zero attached hydrogens (tertiary/aromatic N) is 2. The van der Waals surface area contributed by atoms with Gasteiger partial charge in [-0.15, -0.1) is 0 Å². The molecule has 1 amide bonds. The van der Waals surface area contributed by atoms with Crippen molar-refractivity contribution in [2.75, 3.05) is 0 Å². The third-order valence-corrected chi connectivity index (χ3v) is 4.25. The van der Waals surface area contributed by atoms with E-state index in [1.807, 2.05) is 24.4 Å². The zero-order valence-corrected chi connectivity index (χ0v) is 14.5. The second-order valence-corrected chi connectivity index (χ2v) is 6.05. The third kappa shape index (κ3) is 3.30. The van der Waals surface area contributed by atoms with Crippen molar-refractivity contribution >= 4 is 46.2 Å². The van der Waals surface area contributed by atoms with E-state index in [1.54, 1.807) is 18.3 Å². The van der Waals surface area contributed by atoms with Gasteiger partial charge in [-0.2, -0.15) is 5.10 Å². The number of hydrogen-bond donors (Lipinski definition) is 1. The lowest BCUT2D eigenvalue weighted by Gasteiger charge is -2.02. The number of amides is 1. The van der Waals surface area contributed by atoms with Gasteiger partial charge in [-0.1, -0.05) is 41.4 Å². The van der Waals surface area contributed by atoms with E-state index in [4.69, 9.17) is 23.2 Å². The Balaban J connectivity index is 1.80. The number of benzene rings is 2. The minimum Gasteiger partial charge on any atom is -0.347 e. The van der Waals surface area contributed by atoms with Crippen LogP contribution in [0.1, 0.15) is 22.8 Å². The Bertz CT molecular complexity index is 931. The Labute approximate surface area is 149 Å². The number of nitrogens with one attached hydrogen (secondary N) is 1. The fraction of sp³-hybridized carbons (Fsp3) is 0.111. The first-order valence-corrected chi connectivity index (χ1v) is 8.22. The van der Waals surface area contributed by atoms with Crippen molar-refractivity contribution < 1.29 is 4.79 Å². The molecule has 1 heterocycles. The Morgan fingerprint density at radius 1 is 1.25 bits per heavy atom. The Hall–Kier alpha value is -2.30. The number of aryl methyl sites for hydroxylation is 1. The van der Waals surface area contributed by atoms with E-state index in [0.29, 0.717) is 10.6 Å². The van der Waals surface area contributed by atoms with Crippen LogP contribution in [-0.4, -0.2) is 16.7 Å². The number of aromatic nitrogens is 1. The fourth-order valence-corrected chi connectivity index (χ4v) is 3.03. The van der Waals surface area contributed by atoms with Gasteiger partial charge in [0.1, 0.15) is 0 Å². The van der Waals surface area contributed by atoms with Crippen molar-refractivity contribution in [2.45, 2.75) is 13.5 Å². The fourth-order valence-electron chi connectivity index (χ4n) is 2.53. The Morgan fingerprint density at radius 3 is 2.79 bits per heavy atom. The molecule has 122 valence electrons. The molecule has 0 saturated carbocycles. The number of fused-ring (bicyclic) bond motifs is 1. The molecule has 0 spiro atoms. The van der Waals surface area contributed by atoms with Crippen LogP contribution >= 0.6 is 23.2 Å². The summed E-state index contributed by atoms with van der Waals surface area (Å²) in [5.74, 6) is -0.382. The van der Waals surface area contributed by atoms with E-state index in [0.717, 1.165) is 23.0 Å². The molecular weight excluding hydrogens is 345 g/mol. The Morgan fingerprint density at radius 2 is 2.04 bits per heavy atom. The summed E-state index contributed by atoms with van der Waals surface area (Å²) in [6.45, 7) is 2.94. The average molecular weight is 360 g/mol. The van der Waals surface area contributed by atoms with Crippen LogP contribution in [0.3, 0.4) is 0 Å². The normalized spacial score (nSPS) is 11.3. The number of rotatable bonds is 4. The van der Waals surface area contributed by atoms with Crippen molar-refractivity contribution in [3.8, 4) is 0 Å². The van der Waals surface area contributed by atoms with Crippen molar-refractivity contribution in [2.24, 2.45) is 5.10 Å². The van der Waals surface area contributed by atoms with Crippen LogP contribution in [0.5, 0.6) is 0 Å². The van der Waals surface area contributed by atoms with Gasteiger partial charge in [0.25, 0.3) is 5.91 Å². The molecular formula is C18H15Cl2N3O. The topological polar surface area (TPSA) is 46.4 Å². The molecule has 24 heavy (non-hydrogen) atoms. The standard InChI is InChI=1S/C18H15Cl2N3O/c1-2-23-11-12(14-5-3-4-6-17(14)23)10-21-22-18(24)15-8-7-13(19)9-16(15)20/h3-11H,2H2,1H3,(H,22,24)/b21-10-. The molecule has 0 fully saturated rings. The summed E-state index contributed by atoms with van der Waals surface area (Å²) in [5, 5.41) is 5.90. The minimum absolute atomic E-state index is 0.290. The van der Waals surface area contributed by atoms with Crippen LogP contribution in [-0.2, 0) is 6.54 Å². The van der Waals surface area contributed by atoms with Gasteiger partial charge in [0.15, 0.2) is 0 Å². The highest BCUT2D eigenvalue weighted by Gasteiger charge is 2.10. The van der Waals surface area contributed by atoms with Crippen molar-refractivity contribution in [1.82, 2.24) is 9.99 Å². The van der Waals surface area contributed by atoms with Gasteiger partial charge in [0, 0.05) is 34.2 Å². The van der Waals surface area contributed by atoms with E-state index in [-0.39, 0.29) is 10.9 Å². The molecule has 0 unspecified atom stereocenters. The smallest absolute Gasteiger partial charge is 0.272 e. The summed E-state index contributed by atoms with van der Waals surface area (Å²) in [6, 6.07) is 12.8. The van der Waals surface area contributed by atoms with Gasteiger partial charge in [-0.25, -0.2) is 5.43 Å². The van der Waals surface area contributed by atoms with E-state index in [2.05, 4.69) is 28.1 Å². The maximum atomic E-state index is 12.1. The maximum Gasteiger partial charge on any atom is 0.272 e.